The summed E-state index contributed by atoms with van der Waals surface area (Å²) >= 11 is 1.79. The highest BCUT2D eigenvalue weighted by molar-refractivity contribution is 7.99. The lowest BCUT2D eigenvalue weighted by atomic mass is 10.1. The van der Waals surface area contributed by atoms with Crippen molar-refractivity contribution in [2.24, 2.45) is 5.41 Å². The van der Waals surface area contributed by atoms with E-state index in [4.69, 9.17) is 10.4 Å². The second kappa shape index (κ2) is 5.26. The molecule has 0 amide bonds. The van der Waals surface area contributed by atoms with E-state index in [0.717, 1.165) is 30.8 Å². The fraction of sp³-hybridized carbons (Fsp3) is 0.800. The zero-order chi connectivity index (χ0) is 10.4. The van der Waals surface area contributed by atoms with Gasteiger partial charge < -0.3 is 5.11 Å². The Bertz CT molecular complexity index is 243. The quantitative estimate of drug-likeness (QED) is 0.659. The van der Waals surface area contributed by atoms with Crippen LogP contribution in [0.4, 0.5) is 0 Å². The number of carbonyl (C=O) groups is 1. The highest BCUT2D eigenvalue weighted by Gasteiger charge is 2.43. The van der Waals surface area contributed by atoms with Gasteiger partial charge in [-0.3, -0.25) is 4.79 Å². The lowest BCUT2D eigenvalue weighted by Gasteiger charge is -2.10. The van der Waals surface area contributed by atoms with Gasteiger partial charge in [-0.25, -0.2) is 0 Å². The molecule has 78 valence electrons. The summed E-state index contributed by atoms with van der Waals surface area (Å²) in [5.74, 6) is 1.25. The summed E-state index contributed by atoms with van der Waals surface area (Å²) in [6, 6.07) is 2.11. The van der Waals surface area contributed by atoms with Gasteiger partial charge in [-0.05, 0) is 36.2 Å². The molecule has 1 N–H and O–H groups in total. The van der Waals surface area contributed by atoms with Crippen LogP contribution in [0, 0.1) is 16.7 Å². The predicted molar refractivity (Wildman–Crippen MR) is 56.1 cm³/mol. The molecule has 1 fully saturated rings. The van der Waals surface area contributed by atoms with Crippen molar-refractivity contribution in [3.63, 3.8) is 0 Å². The minimum atomic E-state index is -0.680. The van der Waals surface area contributed by atoms with Crippen LogP contribution in [-0.2, 0) is 4.79 Å². The molecule has 0 heterocycles. The van der Waals surface area contributed by atoms with Crippen molar-refractivity contribution >= 4 is 17.7 Å². The molecule has 0 aliphatic heterocycles. The predicted octanol–water partition coefficient (Wildman–Crippen LogP) is 2.28. The van der Waals surface area contributed by atoms with E-state index < -0.39 is 5.97 Å². The van der Waals surface area contributed by atoms with E-state index in [9.17, 15) is 4.79 Å². The molecule has 0 radical (unpaired) electrons. The van der Waals surface area contributed by atoms with Gasteiger partial charge in [0.05, 0.1) is 12.5 Å². The molecule has 1 aliphatic rings. The van der Waals surface area contributed by atoms with E-state index in [2.05, 4.69) is 6.07 Å². The highest BCUT2D eigenvalue weighted by atomic mass is 32.2. The minimum Gasteiger partial charge on any atom is -0.481 e. The topological polar surface area (TPSA) is 61.1 Å². The molecule has 1 rings (SSSR count). The van der Waals surface area contributed by atoms with E-state index in [1.807, 2.05) is 0 Å². The van der Waals surface area contributed by atoms with Crippen molar-refractivity contribution in [2.45, 2.75) is 32.1 Å². The monoisotopic (exact) mass is 213 g/mol. The van der Waals surface area contributed by atoms with Crippen molar-refractivity contribution in [1.82, 2.24) is 0 Å². The maximum Gasteiger partial charge on any atom is 0.303 e. The summed E-state index contributed by atoms with van der Waals surface area (Å²) in [5.41, 5.74) is 0.100. The Morgan fingerprint density at radius 1 is 1.57 bits per heavy atom. The first-order chi connectivity index (χ1) is 6.68. The first-order valence-corrected chi connectivity index (χ1v) is 6.00. The van der Waals surface area contributed by atoms with Gasteiger partial charge in [0.25, 0.3) is 0 Å². The summed E-state index contributed by atoms with van der Waals surface area (Å²) in [6.45, 7) is 0. The van der Waals surface area contributed by atoms with Crippen LogP contribution in [0.5, 0.6) is 0 Å². The van der Waals surface area contributed by atoms with E-state index in [-0.39, 0.29) is 5.41 Å². The number of aliphatic carboxylic acids is 1. The Hall–Kier alpha value is -0.690. The van der Waals surface area contributed by atoms with Gasteiger partial charge >= 0.3 is 5.97 Å². The molecular weight excluding hydrogens is 198 g/mol. The molecule has 1 saturated carbocycles. The van der Waals surface area contributed by atoms with Crippen LogP contribution in [0.3, 0.4) is 0 Å². The molecule has 0 saturated heterocycles. The van der Waals surface area contributed by atoms with Crippen molar-refractivity contribution in [1.29, 1.82) is 5.26 Å². The van der Waals surface area contributed by atoms with Crippen molar-refractivity contribution < 1.29 is 9.90 Å². The van der Waals surface area contributed by atoms with E-state index in [1.165, 1.54) is 0 Å². The normalized spacial score (nSPS) is 17.4. The average molecular weight is 213 g/mol. The second-order valence-corrected chi connectivity index (χ2v) is 4.99. The molecule has 0 unspecified atom stereocenters. The van der Waals surface area contributed by atoms with Gasteiger partial charge in [-0.1, -0.05) is 0 Å². The Morgan fingerprint density at radius 3 is 2.79 bits per heavy atom. The number of carboxylic acids is 1. The van der Waals surface area contributed by atoms with Crippen LogP contribution in [-0.4, -0.2) is 22.6 Å². The molecule has 0 bridgehead atoms. The summed E-state index contributed by atoms with van der Waals surface area (Å²) in [5, 5.41) is 17.0. The number of hydrogen-bond acceptors (Lipinski definition) is 3. The third-order valence-electron chi connectivity index (χ3n) is 2.47. The minimum absolute atomic E-state index is 0.100. The van der Waals surface area contributed by atoms with Crippen LogP contribution >= 0.6 is 11.8 Å². The van der Waals surface area contributed by atoms with Crippen LogP contribution in [0.1, 0.15) is 32.1 Å². The Kier molecular flexibility index (Phi) is 4.27. The second-order valence-electron chi connectivity index (χ2n) is 3.88. The van der Waals surface area contributed by atoms with Gasteiger partial charge in [0.2, 0.25) is 0 Å². The lowest BCUT2D eigenvalue weighted by molar-refractivity contribution is -0.138. The largest absolute Gasteiger partial charge is 0.481 e. The molecule has 0 aromatic rings. The number of nitriles is 1. The molecule has 0 aromatic heterocycles. The molecule has 4 heteroatoms. The molecule has 3 nitrogen and oxygen atoms in total. The number of hydrogen-bond donors (Lipinski definition) is 1. The summed E-state index contributed by atoms with van der Waals surface area (Å²) in [6.07, 6.45) is 3.97. The average Bonchev–Trinajstić information content (AvgIpc) is 2.84. The van der Waals surface area contributed by atoms with Gasteiger partial charge in [0.15, 0.2) is 0 Å². The first kappa shape index (κ1) is 11.4. The zero-order valence-electron chi connectivity index (χ0n) is 8.16. The van der Waals surface area contributed by atoms with Gasteiger partial charge in [0.1, 0.15) is 0 Å². The Morgan fingerprint density at radius 2 is 2.29 bits per heavy atom. The summed E-state index contributed by atoms with van der Waals surface area (Å²) < 4.78 is 0. The van der Waals surface area contributed by atoms with E-state index in [0.29, 0.717) is 12.8 Å². The molecule has 14 heavy (non-hydrogen) atoms. The van der Waals surface area contributed by atoms with Crippen LogP contribution < -0.4 is 0 Å². The number of unbranched alkanes of at least 4 members (excludes halogenated alkanes) is 1. The Balaban J connectivity index is 2.06. The van der Waals surface area contributed by atoms with Crippen LogP contribution in [0.15, 0.2) is 0 Å². The molecule has 1 aliphatic carbocycles. The summed E-state index contributed by atoms with van der Waals surface area (Å²) in [7, 11) is 0. The number of rotatable bonds is 7. The molecular formula is C10H15NO2S. The maximum atomic E-state index is 10.5. The van der Waals surface area contributed by atoms with Crippen molar-refractivity contribution in [2.75, 3.05) is 11.5 Å². The third-order valence-corrected chi connectivity index (χ3v) is 3.86. The van der Waals surface area contributed by atoms with Crippen molar-refractivity contribution in [3.05, 3.63) is 0 Å². The smallest absolute Gasteiger partial charge is 0.303 e. The fourth-order valence-corrected chi connectivity index (χ4v) is 2.73. The van der Waals surface area contributed by atoms with Gasteiger partial charge in [-0.2, -0.15) is 17.0 Å². The molecule has 0 spiro atoms. The maximum absolute atomic E-state index is 10.5. The zero-order valence-corrected chi connectivity index (χ0v) is 8.98. The number of carboxylic acid groups (broad SMARTS) is 1. The fourth-order valence-electron chi connectivity index (χ4n) is 1.41. The Labute approximate surface area is 88.5 Å². The first-order valence-electron chi connectivity index (χ1n) is 4.85. The van der Waals surface area contributed by atoms with E-state index in [1.54, 1.807) is 11.8 Å². The number of thioether (sulfide) groups is 1. The third kappa shape index (κ3) is 4.01. The molecule has 0 aromatic carbocycles. The van der Waals surface area contributed by atoms with Crippen molar-refractivity contribution in [3.8, 4) is 6.07 Å². The van der Waals surface area contributed by atoms with Gasteiger partial charge in [-0.15, -0.1) is 0 Å². The van der Waals surface area contributed by atoms with Crippen LogP contribution in [0.2, 0.25) is 0 Å². The highest BCUT2D eigenvalue weighted by Crippen LogP contribution is 2.51. The molecule has 0 atom stereocenters. The number of nitrogens with zero attached hydrogens (tertiary/aromatic N) is 1. The van der Waals surface area contributed by atoms with Gasteiger partial charge in [0, 0.05) is 6.42 Å². The van der Waals surface area contributed by atoms with E-state index >= 15 is 0 Å². The standard InChI is InChI=1S/C10H15NO2S/c11-5-1-2-6-14-8-10(3-4-10)7-9(12)13/h1-4,6-8H2,(H,12,13). The van der Waals surface area contributed by atoms with Crippen LogP contribution in [0.25, 0.3) is 0 Å². The SMILES string of the molecule is N#CCCCSCC1(CC(=O)O)CC1. The summed E-state index contributed by atoms with van der Waals surface area (Å²) in [4.78, 5) is 10.5. The lowest BCUT2D eigenvalue weighted by Crippen LogP contribution is -2.11.